The Hall–Kier alpha value is -4.16. The molecule has 0 amide bonds. The summed E-state index contributed by atoms with van der Waals surface area (Å²) in [6.45, 7) is 1.90. The van der Waals surface area contributed by atoms with Crippen LogP contribution in [0.3, 0.4) is 0 Å². The molecular formula is C32H40O12. The molecule has 0 unspecified atom stereocenters. The fraction of sp³-hybridized carbons (Fsp3) is 0.500. The number of hydrogen-bond donors (Lipinski definition) is 0. The highest BCUT2D eigenvalue weighted by Gasteiger charge is 2.15. The maximum atomic E-state index is 12.7. The number of carbonyl (C=O) groups is 4. The van der Waals surface area contributed by atoms with E-state index in [1.54, 1.807) is 36.4 Å². The monoisotopic (exact) mass is 616 g/mol. The molecule has 0 radical (unpaired) electrons. The maximum absolute atomic E-state index is 12.7. The lowest BCUT2D eigenvalue weighted by molar-refractivity contribution is -0.141. The van der Waals surface area contributed by atoms with Crippen molar-refractivity contribution >= 4 is 23.5 Å². The average molecular weight is 617 g/mol. The van der Waals surface area contributed by atoms with Gasteiger partial charge in [-0.3, -0.25) is 19.2 Å². The van der Waals surface area contributed by atoms with Crippen molar-refractivity contribution in [2.75, 3.05) is 67.1 Å². The smallest absolute Gasteiger partial charge is 0.305 e. The van der Waals surface area contributed by atoms with Crippen LogP contribution in [0.25, 0.3) is 0 Å². The molecule has 2 aromatic rings. The maximum Gasteiger partial charge on any atom is 0.305 e. The van der Waals surface area contributed by atoms with E-state index in [2.05, 4.69) is 9.47 Å². The zero-order chi connectivity index (χ0) is 31.6. The van der Waals surface area contributed by atoms with E-state index in [0.717, 1.165) is 0 Å². The van der Waals surface area contributed by atoms with E-state index in [1.807, 2.05) is 0 Å². The topological polar surface area (TPSA) is 142 Å². The van der Waals surface area contributed by atoms with Gasteiger partial charge in [-0.25, -0.2) is 0 Å². The van der Waals surface area contributed by atoms with Gasteiger partial charge >= 0.3 is 11.9 Å². The van der Waals surface area contributed by atoms with Gasteiger partial charge in [0.05, 0.1) is 40.6 Å². The zero-order valence-electron chi connectivity index (χ0n) is 25.3. The highest BCUT2D eigenvalue weighted by Crippen LogP contribution is 2.30. The van der Waals surface area contributed by atoms with Gasteiger partial charge in [-0.2, -0.15) is 0 Å². The molecule has 240 valence electrons. The number of fused-ring (bicyclic) bond motifs is 2. The van der Waals surface area contributed by atoms with Gasteiger partial charge < -0.3 is 37.9 Å². The van der Waals surface area contributed by atoms with Crippen molar-refractivity contribution in [1.29, 1.82) is 0 Å². The van der Waals surface area contributed by atoms with Crippen LogP contribution in [0.15, 0.2) is 36.4 Å². The minimum atomic E-state index is -0.355. The Morgan fingerprint density at radius 1 is 0.523 bits per heavy atom. The number of benzene rings is 2. The van der Waals surface area contributed by atoms with Crippen LogP contribution in [0.1, 0.15) is 59.2 Å². The van der Waals surface area contributed by atoms with E-state index in [4.69, 9.17) is 28.4 Å². The van der Waals surface area contributed by atoms with Crippen molar-refractivity contribution in [2.24, 2.45) is 0 Å². The van der Waals surface area contributed by atoms with E-state index in [9.17, 15) is 19.2 Å². The quantitative estimate of drug-likeness (QED) is 0.281. The van der Waals surface area contributed by atoms with Crippen LogP contribution in [0.5, 0.6) is 23.0 Å². The number of Topliss-reactive ketones (excluding diaryl/α,β-unsaturated/α-hetero) is 2. The fourth-order valence-electron chi connectivity index (χ4n) is 4.15. The Kier molecular flexibility index (Phi) is 15.0. The molecule has 12 heteroatoms. The second-order valence-corrected chi connectivity index (χ2v) is 9.65. The second-order valence-electron chi connectivity index (χ2n) is 9.65. The predicted octanol–water partition coefficient (Wildman–Crippen LogP) is 4.00. The van der Waals surface area contributed by atoms with Crippen LogP contribution >= 0.6 is 0 Å². The van der Waals surface area contributed by atoms with Crippen LogP contribution in [-0.2, 0) is 28.5 Å². The molecule has 0 aromatic heterocycles. The first-order chi connectivity index (χ1) is 21.4. The number of esters is 2. The lowest BCUT2D eigenvalue weighted by Crippen LogP contribution is -2.16. The molecule has 44 heavy (non-hydrogen) atoms. The fourth-order valence-corrected chi connectivity index (χ4v) is 4.15. The Balaban J connectivity index is 1.58. The molecule has 1 aliphatic rings. The average Bonchev–Trinajstić information content (AvgIpc) is 3.03. The van der Waals surface area contributed by atoms with E-state index in [-0.39, 0.29) is 102 Å². The van der Waals surface area contributed by atoms with Gasteiger partial charge in [-0.15, -0.1) is 0 Å². The molecule has 0 saturated carbocycles. The summed E-state index contributed by atoms with van der Waals surface area (Å²) in [5.74, 6) is 0.766. The standard InChI is InChI=1S/C32H40O12/c1-37-31(35)7-3-5-25(33)23-9-11-27-29(21-23)43-19-15-39-14-18-42-28-12-10-24(26(34)6-4-8-32(36)38-2)22-30(28)44-20-16-40-13-17-41-27/h9-12,21-22H,3-8,13-20H2,1-2H3. The summed E-state index contributed by atoms with van der Waals surface area (Å²) in [6, 6.07) is 9.91. The largest absolute Gasteiger partial charge is 0.487 e. The third kappa shape index (κ3) is 11.8. The van der Waals surface area contributed by atoms with Crippen LogP contribution in [0.2, 0.25) is 0 Å². The van der Waals surface area contributed by atoms with E-state index < -0.39 is 0 Å². The summed E-state index contributed by atoms with van der Waals surface area (Å²) in [4.78, 5) is 48.0. The second kappa shape index (κ2) is 19.2. The van der Waals surface area contributed by atoms with Gasteiger partial charge in [0, 0.05) is 36.8 Å². The Morgan fingerprint density at radius 2 is 0.886 bits per heavy atom. The summed E-state index contributed by atoms with van der Waals surface area (Å²) in [7, 11) is 2.63. The van der Waals surface area contributed by atoms with E-state index in [1.165, 1.54) is 14.2 Å². The number of ketones is 2. The van der Waals surface area contributed by atoms with Gasteiger partial charge in [0.15, 0.2) is 34.6 Å². The van der Waals surface area contributed by atoms with Gasteiger partial charge in [-0.05, 0) is 49.2 Å². The molecule has 0 atom stereocenters. The van der Waals surface area contributed by atoms with Crippen LogP contribution in [0.4, 0.5) is 0 Å². The minimum Gasteiger partial charge on any atom is -0.487 e. The van der Waals surface area contributed by atoms with Crippen molar-refractivity contribution in [2.45, 2.75) is 38.5 Å². The van der Waals surface area contributed by atoms with Gasteiger partial charge in [0.25, 0.3) is 0 Å². The van der Waals surface area contributed by atoms with Crippen LogP contribution < -0.4 is 18.9 Å². The Morgan fingerprint density at radius 3 is 1.25 bits per heavy atom. The highest BCUT2D eigenvalue weighted by atomic mass is 16.6. The molecule has 12 nitrogen and oxygen atoms in total. The molecule has 1 heterocycles. The SMILES string of the molecule is COC(=O)CCCC(=O)c1ccc2c(c1)OCCOCCOc1ccc(C(=O)CCCC(=O)OC)cc1OCCOCCO2. The lowest BCUT2D eigenvalue weighted by Gasteiger charge is -2.16. The number of ether oxygens (including phenoxy) is 8. The molecule has 0 fully saturated rings. The first-order valence-corrected chi connectivity index (χ1v) is 14.6. The third-order valence-corrected chi connectivity index (χ3v) is 6.50. The number of rotatable bonds is 10. The molecular weight excluding hydrogens is 576 g/mol. The summed E-state index contributed by atoms with van der Waals surface area (Å²) >= 11 is 0. The number of methoxy groups -OCH3 is 2. The molecule has 1 aliphatic heterocycles. The normalized spacial score (nSPS) is 14.4. The summed E-state index contributed by atoms with van der Waals surface area (Å²) in [5, 5.41) is 0. The molecule has 0 aliphatic carbocycles. The van der Waals surface area contributed by atoms with Gasteiger partial charge in [0.2, 0.25) is 0 Å². The van der Waals surface area contributed by atoms with Gasteiger partial charge in [0.1, 0.15) is 26.4 Å². The molecule has 2 aromatic carbocycles. The summed E-state index contributed by atoms with van der Waals surface area (Å²) in [5.41, 5.74) is 0.901. The summed E-state index contributed by atoms with van der Waals surface area (Å²) < 4.78 is 44.0. The van der Waals surface area contributed by atoms with Crippen molar-refractivity contribution in [1.82, 2.24) is 0 Å². The lowest BCUT2D eigenvalue weighted by atomic mass is 10.0. The first kappa shape index (κ1) is 34.3. The molecule has 0 N–H and O–H groups in total. The Bertz CT molecular complexity index is 1150. The highest BCUT2D eigenvalue weighted by molar-refractivity contribution is 5.97. The molecule has 0 bridgehead atoms. The van der Waals surface area contributed by atoms with Gasteiger partial charge in [-0.1, -0.05) is 0 Å². The van der Waals surface area contributed by atoms with E-state index >= 15 is 0 Å². The minimum absolute atomic E-state index is 0.119. The van der Waals surface area contributed by atoms with Crippen molar-refractivity contribution < 1.29 is 57.1 Å². The van der Waals surface area contributed by atoms with Crippen molar-refractivity contribution in [3.05, 3.63) is 47.5 Å². The summed E-state index contributed by atoms with van der Waals surface area (Å²) in [6.07, 6.45) is 1.52. The van der Waals surface area contributed by atoms with Crippen LogP contribution in [-0.4, -0.2) is 90.6 Å². The molecule has 0 spiro atoms. The number of carbonyl (C=O) groups excluding carboxylic acids is 4. The van der Waals surface area contributed by atoms with Crippen molar-refractivity contribution in [3.8, 4) is 23.0 Å². The molecule has 3 rings (SSSR count). The predicted molar refractivity (Wildman–Crippen MR) is 157 cm³/mol. The first-order valence-electron chi connectivity index (χ1n) is 14.6. The Labute approximate surface area is 256 Å². The molecule has 0 saturated heterocycles. The zero-order valence-corrected chi connectivity index (χ0v) is 25.3. The third-order valence-electron chi connectivity index (χ3n) is 6.50. The van der Waals surface area contributed by atoms with Crippen molar-refractivity contribution in [3.63, 3.8) is 0 Å². The number of hydrogen-bond acceptors (Lipinski definition) is 12. The van der Waals surface area contributed by atoms with E-state index in [0.29, 0.717) is 47.0 Å². The van der Waals surface area contributed by atoms with Crippen LogP contribution in [0, 0.1) is 0 Å².